The Hall–Kier alpha value is -0.690. The number of hydrogen-bond acceptors (Lipinski definition) is 6. The molecule has 6 heteroatoms. The number of methoxy groups -OCH3 is 2. The van der Waals surface area contributed by atoms with E-state index in [1.807, 2.05) is 0 Å². The maximum absolute atomic E-state index is 11.9. The van der Waals surface area contributed by atoms with Gasteiger partial charge in [0.2, 0.25) is 0 Å². The second-order valence-corrected chi connectivity index (χ2v) is 5.73. The molecule has 3 unspecified atom stereocenters. The maximum Gasteiger partial charge on any atom is 0.325 e. The van der Waals surface area contributed by atoms with Gasteiger partial charge in [-0.25, -0.2) is 0 Å². The predicted molar refractivity (Wildman–Crippen MR) is 83.2 cm³/mol. The van der Waals surface area contributed by atoms with Crippen molar-refractivity contribution in [2.45, 2.75) is 51.7 Å². The first-order valence-corrected chi connectivity index (χ1v) is 7.49. The second kappa shape index (κ2) is 10.1. The molecular weight excluding hydrogens is 272 g/mol. The molecule has 0 rings (SSSR count). The molecule has 0 saturated carbocycles. The number of nitrogens with two attached hydrogens (primary N) is 1. The van der Waals surface area contributed by atoms with E-state index in [9.17, 15) is 4.79 Å². The van der Waals surface area contributed by atoms with Crippen LogP contribution in [0.4, 0.5) is 0 Å². The monoisotopic (exact) mass is 304 g/mol. The zero-order valence-electron chi connectivity index (χ0n) is 14.3. The SMILES string of the molecule is CCOC(=O)C(C)(N)CC(C)N(CCOC)C(C)COC. The van der Waals surface area contributed by atoms with Gasteiger partial charge in [-0.15, -0.1) is 0 Å². The normalized spacial score (nSPS) is 17.3. The summed E-state index contributed by atoms with van der Waals surface area (Å²) in [7, 11) is 3.36. The first-order chi connectivity index (χ1) is 9.80. The molecule has 0 aromatic heterocycles. The quantitative estimate of drug-likeness (QED) is 0.575. The molecule has 0 bridgehead atoms. The van der Waals surface area contributed by atoms with Crippen molar-refractivity contribution in [1.29, 1.82) is 0 Å². The van der Waals surface area contributed by atoms with Crippen molar-refractivity contribution in [2.75, 3.05) is 40.6 Å². The molecule has 21 heavy (non-hydrogen) atoms. The maximum atomic E-state index is 11.9. The van der Waals surface area contributed by atoms with E-state index in [1.54, 1.807) is 28.1 Å². The number of hydrogen-bond donors (Lipinski definition) is 1. The summed E-state index contributed by atoms with van der Waals surface area (Å²) in [6.07, 6.45) is 0.517. The van der Waals surface area contributed by atoms with Crippen LogP contribution < -0.4 is 5.73 Å². The van der Waals surface area contributed by atoms with Gasteiger partial charge in [-0.05, 0) is 34.1 Å². The van der Waals surface area contributed by atoms with Crippen molar-refractivity contribution in [3.8, 4) is 0 Å². The molecule has 0 amide bonds. The average molecular weight is 304 g/mol. The minimum atomic E-state index is -0.993. The van der Waals surface area contributed by atoms with Crippen LogP contribution in [0.3, 0.4) is 0 Å². The molecule has 3 atom stereocenters. The molecule has 2 N–H and O–H groups in total. The Labute approximate surface area is 128 Å². The number of carbonyl (C=O) groups excluding carboxylic acids is 1. The van der Waals surface area contributed by atoms with Crippen LogP contribution in [0.2, 0.25) is 0 Å². The van der Waals surface area contributed by atoms with E-state index in [1.165, 1.54) is 0 Å². The van der Waals surface area contributed by atoms with Crippen LogP contribution in [0, 0.1) is 0 Å². The first-order valence-electron chi connectivity index (χ1n) is 7.49. The molecule has 0 aliphatic carbocycles. The Kier molecular flexibility index (Phi) is 9.77. The van der Waals surface area contributed by atoms with E-state index < -0.39 is 5.54 Å². The van der Waals surface area contributed by atoms with Gasteiger partial charge in [-0.1, -0.05) is 0 Å². The van der Waals surface area contributed by atoms with E-state index >= 15 is 0 Å². The Morgan fingerprint density at radius 2 is 1.86 bits per heavy atom. The lowest BCUT2D eigenvalue weighted by molar-refractivity contribution is -0.149. The molecule has 6 nitrogen and oxygen atoms in total. The van der Waals surface area contributed by atoms with Crippen LogP contribution in [0.1, 0.15) is 34.1 Å². The van der Waals surface area contributed by atoms with Gasteiger partial charge in [0.15, 0.2) is 0 Å². The topological polar surface area (TPSA) is 74.0 Å². The molecule has 0 heterocycles. The third kappa shape index (κ3) is 7.22. The molecule has 0 spiro atoms. The van der Waals surface area contributed by atoms with E-state index in [0.29, 0.717) is 26.2 Å². The van der Waals surface area contributed by atoms with E-state index in [2.05, 4.69) is 18.7 Å². The van der Waals surface area contributed by atoms with Crippen LogP contribution in [0.5, 0.6) is 0 Å². The zero-order valence-corrected chi connectivity index (χ0v) is 14.3. The Bertz CT molecular complexity index is 297. The summed E-state index contributed by atoms with van der Waals surface area (Å²) in [5, 5.41) is 0. The summed E-state index contributed by atoms with van der Waals surface area (Å²) in [5.74, 6) is -0.358. The summed E-state index contributed by atoms with van der Waals surface area (Å²) in [6.45, 7) is 10.0. The highest BCUT2D eigenvalue weighted by Crippen LogP contribution is 2.18. The predicted octanol–water partition coefficient (Wildman–Crippen LogP) is 1.03. The highest BCUT2D eigenvalue weighted by atomic mass is 16.5. The molecule has 126 valence electrons. The van der Waals surface area contributed by atoms with Gasteiger partial charge in [0.25, 0.3) is 0 Å². The van der Waals surface area contributed by atoms with Crippen molar-refractivity contribution in [2.24, 2.45) is 5.73 Å². The third-order valence-electron chi connectivity index (χ3n) is 3.55. The molecule has 0 radical (unpaired) electrons. The lowest BCUT2D eigenvalue weighted by Crippen LogP contribution is -2.53. The average Bonchev–Trinajstić information content (AvgIpc) is 2.39. The number of ether oxygens (including phenoxy) is 3. The van der Waals surface area contributed by atoms with Gasteiger partial charge < -0.3 is 19.9 Å². The van der Waals surface area contributed by atoms with Crippen molar-refractivity contribution >= 4 is 5.97 Å². The largest absolute Gasteiger partial charge is 0.465 e. The Morgan fingerprint density at radius 1 is 1.24 bits per heavy atom. The van der Waals surface area contributed by atoms with E-state index in [4.69, 9.17) is 19.9 Å². The second-order valence-electron chi connectivity index (χ2n) is 5.73. The third-order valence-corrected chi connectivity index (χ3v) is 3.55. The summed E-state index contributed by atoms with van der Waals surface area (Å²) in [4.78, 5) is 14.2. The fourth-order valence-electron chi connectivity index (χ4n) is 2.52. The van der Waals surface area contributed by atoms with Crippen LogP contribution in [-0.4, -0.2) is 69.1 Å². The van der Waals surface area contributed by atoms with Crippen LogP contribution in [-0.2, 0) is 19.0 Å². The van der Waals surface area contributed by atoms with Crippen molar-refractivity contribution < 1.29 is 19.0 Å². The van der Waals surface area contributed by atoms with E-state index in [-0.39, 0.29) is 18.1 Å². The van der Waals surface area contributed by atoms with Crippen molar-refractivity contribution in [1.82, 2.24) is 4.90 Å². The summed E-state index contributed by atoms with van der Waals surface area (Å²) < 4.78 is 15.4. The van der Waals surface area contributed by atoms with Crippen LogP contribution >= 0.6 is 0 Å². The molecule has 0 aliphatic heterocycles. The minimum Gasteiger partial charge on any atom is -0.465 e. The fourth-order valence-corrected chi connectivity index (χ4v) is 2.52. The Balaban J connectivity index is 4.77. The van der Waals surface area contributed by atoms with Crippen molar-refractivity contribution in [3.63, 3.8) is 0 Å². The number of nitrogens with zero attached hydrogens (tertiary/aromatic N) is 1. The highest BCUT2D eigenvalue weighted by molar-refractivity contribution is 5.80. The zero-order chi connectivity index (χ0) is 16.5. The molecule has 0 fully saturated rings. The first kappa shape index (κ1) is 20.3. The number of carbonyl (C=O) groups is 1. The smallest absolute Gasteiger partial charge is 0.325 e. The lowest BCUT2D eigenvalue weighted by atomic mass is 9.93. The fraction of sp³-hybridized carbons (Fsp3) is 0.933. The number of rotatable bonds is 11. The molecule has 0 aliphatic rings. The Morgan fingerprint density at radius 3 is 2.33 bits per heavy atom. The molecule has 0 aromatic rings. The van der Waals surface area contributed by atoms with Gasteiger partial charge in [0.1, 0.15) is 5.54 Å². The van der Waals surface area contributed by atoms with Crippen LogP contribution in [0.15, 0.2) is 0 Å². The number of esters is 1. The van der Waals surface area contributed by atoms with Gasteiger partial charge in [0.05, 0.1) is 19.8 Å². The summed E-state index contributed by atoms with van der Waals surface area (Å²) in [6, 6.07) is 0.336. The minimum absolute atomic E-state index is 0.115. The van der Waals surface area contributed by atoms with Gasteiger partial charge in [-0.2, -0.15) is 0 Å². The lowest BCUT2D eigenvalue weighted by Gasteiger charge is -2.37. The van der Waals surface area contributed by atoms with Crippen LogP contribution in [0.25, 0.3) is 0 Å². The molecule has 0 aromatic carbocycles. The summed E-state index contributed by atoms with van der Waals surface area (Å²) >= 11 is 0. The summed E-state index contributed by atoms with van der Waals surface area (Å²) in [5.41, 5.74) is 5.13. The standard InChI is InChI=1S/C15H32N2O4/c1-7-21-14(18)15(4,16)10-12(2)17(8-9-19-5)13(3)11-20-6/h12-13H,7-11,16H2,1-6H3. The van der Waals surface area contributed by atoms with Gasteiger partial charge in [0, 0.05) is 32.8 Å². The highest BCUT2D eigenvalue weighted by Gasteiger charge is 2.34. The van der Waals surface area contributed by atoms with Crippen molar-refractivity contribution in [3.05, 3.63) is 0 Å². The molecule has 0 saturated heterocycles. The van der Waals surface area contributed by atoms with E-state index in [0.717, 1.165) is 6.54 Å². The molecular formula is C15H32N2O4. The van der Waals surface area contributed by atoms with Gasteiger partial charge >= 0.3 is 5.97 Å². The van der Waals surface area contributed by atoms with Gasteiger partial charge in [-0.3, -0.25) is 9.69 Å².